The van der Waals surface area contributed by atoms with E-state index in [2.05, 4.69) is 20.6 Å². The fourth-order valence-electron chi connectivity index (χ4n) is 2.73. The lowest BCUT2D eigenvalue weighted by atomic mass is 10.1. The normalized spacial score (nSPS) is 15.8. The van der Waals surface area contributed by atoms with E-state index in [-0.39, 0.29) is 29.6 Å². The van der Waals surface area contributed by atoms with Gasteiger partial charge in [0, 0.05) is 32.4 Å². The van der Waals surface area contributed by atoms with E-state index in [4.69, 9.17) is 21.1 Å². The monoisotopic (exact) mass is 437 g/mol. The number of carbonyl (C=O) groups excluding carboxylic acids is 1. The topological polar surface area (TPSA) is 88.1 Å². The summed E-state index contributed by atoms with van der Waals surface area (Å²) in [5.41, 5.74) is -0.934. The Morgan fingerprint density at radius 2 is 2.10 bits per heavy atom. The Labute approximate surface area is 171 Å². The van der Waals surface area contributed by atoms with Crippen molar-refractivity contribution in [2.75, 3.05) is 40.4 Å². The number of nitrogens with zero attached hydrogens (tertiary/aromatic N) is 3. The molecule has 0 unspecified atom stereocenters. The second-order valence-corrected chi connectivity index (χ2v) is 6.64. The smallest absolute Gasteiger partial charge is 0.417 e. The van der Waals surface area contributed by atoms with Crippen LogP contribution in [0.5, 0.6) is 5.88 Å². The predicted molar refractivity (Wildman–Crippen MR) is 101 cm³/mol. The highest BCUT2D eigenvalue weighted by molar-refractivity contribution is 6.31. The van der Waals surface area contributed by atoms with Crippen molar-refractivity contribution in [1.82, 2.24) is 20.5 Å². The van der Waals surface area contributed by atoms with E-state index < -0.39 is 11.7 Å². The minimum absolute atomic E-state index is 0.0698. The molecule has 1 aromatic rings. The molecule has 29 heavy (non-hydrogen) atoms. The van der Waals surface area contributed by atoms with Crippen molar-refractivity contribution in [2.45, 2.75) is 25.1 Å². The molecule has 0 aromatic carbocycles. The van der Waals surface area contributed by atoms with Gasteiger partial charge in [0.2, 0.25) is 5.88 Å². The summed E-state index contributed by atoms with van der Waals surface area (Å²) >= 11 is 5.80. The Balaban J connectivity index is 1.73. The number of alkyl halides is 3. The van der Waals surface area contributed by atoms with E-state index in [1.54, 1.807) is 11.9 Å². The van der Waals surface area contributed by atoms with Crippen LogP contribution in [0.25, 0.3) is 0 Å². The summed E-state index contributed by atoms with van der Waals surface area (Å²) in [5, 5.41) is 6.09. The minimum Gasteiger partial charge on any atom is -0.475 e. The van der Waals surface area contributed by atoms with Gasteiger partial charge >= 0.3 is 12.3 Å². The van der Waals surface area contributed by atoms with Crippen molar-refractivity contribution in [1.29, 1.82) is 0 Å². The number of hydrogen-bond acceptors (Lipinski definition) is 5. The van der Waals surface area contributed by atoms with Gasteiger partial charge in [-0.1, -0.05) is 11.6 Å². The molecule has 0 bridgehead atoms. The third-order valence-corrected chi connectivity index (χ3v) is 4.53. The van der Waals surface area contributed by atoms with Crippen molar-refractivity contribution >= 4 is 23.7 Å². The number of hydrogen-bond donors (Lipinski definition) is 2. The molecule has 0 aliphatic carbocycles. The van der Waals surface area contributed by atoms with E-state index in [1.165, 1.54) is 7.11 Å². The van der Waals surface area contributed by atoms with Crippen LogP contribution in [0, 0.1) is 0 Å². The van der Waals surface area contributed by atoms with E-state index in [9.17, 15) is 18.0 Å². The number of halogens is 4. The van der Waals surface area contributed by atoms with Gasteiger partial charge in [-0.15, -0.1) is 0 Å². The van der Waals surface area contributed by atoms with Gasteiger partial charge in [-0.05, 0) is 18.9 Å². The van der Waals surface area contributed by atoms with Gasteiger partial charge in [-0.25, -0.2) is 9.78 Å². The molecule has 162 valence electrons. The number of aromatic nitrogens is 1. The van der Waals surface area contributed by atoms with Crippen molar-refractivity contribution in [2.24, 2.45) is 4.99 Å². The Kier molecular flexibility index (Phi) is 8.18. The van der Waals surface area contributed by atoms with Gasteiger partial charge < -0.3 is 25.0 Å². The molecule has 0 radical (unpaired) electrons. The number of guanidine groups is 1. The maximum absolute atomic E-state index is 12.6. The van der Waals surface area contributed by atoms with E-state index in [1.807, 2.05) is 0 Å². The highest BCUT2D eigenvalue weighted by Crippen LogP contribution is 2.32. The summed E-state index contributed by atoms with van der Waals surface area (Å²) in [7, 11) is 2.97. The summed E-state index contributed by atoms with van der Waals surface area (Å²) in [4.78, 5) is 20.9. The third-order valence-electron chi connectivity index (χ3n) is 4.26. The number of nitrogens with one attached hydrogen (secondary N) is 2. The molecule has 1 fully saturated rings. The van der Waals surface area contributed by atoms with E-state index in [0.717, 1.165) is 18.9 Å². The van der Waals surface area contributed by atoms with Crippen LogP contribution in [0.15, 0.2) is 17.3 Å². The highest BCUT2D eigenvalue weighted by atomic mass is 35.5. The van der Waals surface area contributed by atoms with Crippen LogP contribution in [-0.4, -0.2) is 68.4 Å². The summed E-state index contributed by atoms with van der Waals surface area (Å²) in [6, 6.07) is 0.924. The van der Waals surface area contributed by atoms with Gasteiger partial charge in [-0.3, -0.25) is 4.99 Å². The summed E-state index contributed by atoms with van der Waals surface area (Å²) in [6.07, 6.45) is -2.68. The minimum atomic E-state index is -4.51. The van der Waals surface area contributed by atoms with Crippen molar-refractivity contribution < 1.29 is 27.4 Å². The Bertz CT molecular complexity index is 725. The van der Waals surface area contributed by atoms with Crippen molar-refractivity contribution in [3.05, 3.63) is 22.8 Å². The summed E-state index contributed by atoms with van der Waals surface area (Å²) in [5.74, 6) is 0.483. The van der Waals surface area contributed by atoms with Crippen molar-refractivity contribution in [3.63, 3.8) is 0 Å². The Morgan fingerprint density at radius 1 is 1.41 bits per heavy atom. The number of ether oxygens (including phenoxy) is 2. The van der Waals surface area contributed by atoms with Gasteiger partial charge in [0.25, 0.3) is 0 Å². The molecule has 2 rings (SSSR count). The van der Waals surface area contributed by atoms with Crippen molar-refractivity contribution in [3.8, 4) is 5.88 Å². The molecule has 1 amide bonds. The van der Waals surface area contributed by atoms with Crippen LogP contribution in [-0.2, 0) is 10.9 Å². The lowest BCUT2D eigenvalue weighted by Gasteiger charge is -2.32. The van der Waals surface area contributed by atoms with Gasteiger partial charge in [0.15, 0.2) is 5.96 Å². The molecule has 1 aromatic heterocycles. The molecule has 12 heteroatoms. The molecule has 2 N–H and O–H groups in total. The van der Waals surface area contributed by atoms with Gasteiger partial charge in [0.1, 0.15) is 11.6 Å². The zero-order valence-corrected chi connectivity index (χ0v) is 16.8. The Hall–Kier alpha value is -2.43. The largest absolute Gasteiger partial charge is 0.475 e. The zero-order valence-electron chi connectivity index (χ0n) is 16.1. The van der Waals surface area contributed by atoms with Crippen LogP contribution >= 0.6 is 11.6 Å². The molecular formula is C17H23ClF3N5O3. The number of pyridine rings is 1. The van der Waals surface area contributed by atoms with Crippen LogP contribution in [0.1, 0.15) is 18.4 Å². The average molecular weight is 438 g/mol. The molecule has 0 atom stereocenters. The predicted octanol–water partition coefficient (Wildman–Crippen LogP) is 2.53. The second-order valence-electron chi connectivity index (χ2n) is 6.23. The van der Waals surface area contributed by atoms with Gasteiger partial charge in [0.05, 0.1) is 19.2 Å². The number of amides is 1. The molecule has 0 saturated carbocycles. The standard InChI is InChI=1S/C17H23ClF3N5O3/c1-22-15(25-12-3-6-26(7-4-12)16(27)28-2)23-5-8-29-14-13(18)9-11(10-24-14)17(19,20)21/h9-10,12H,3-8H2,1-2H3,(H2,22,23,25). The van der Waals surface area contributed by atoms with Crippen LogP contribution in [0.4, 0.5) is 18.0 Å². The number of carbonyl (C=O) groups is 1. The second kappa shape index (κ2) is 10.4. The Morgan fingerprint density at radius 3 is 2.66 bits per heavy atom. The average Bonchev–Trinajstić information content (AvgIpc) is 2.70. The lowest BCUT2D eigenvalue weighted by molar-refractivity contribution is -0.137. The summed E-state index contributed by atoms with van der Waals surface area (Å²) in [6.45, 7) is 1.63. The first kappa shape index (κ1) is 22.9. The zero-order chi connectivity index (χ0) is 21.4. The molecule has 1 saturated heterocycles. The van der Waals surface area contributed by atoms with Gasteiger partial charge in [-0.2, -0.15) is 13.2 Å². The number of likely N-dealkylation sites (tertiary alicyclic amines) is 1. The summed E-state index contributed by atoms with van der Waals surface area (Å²) < 4.78 is 47.9. The molecule has 2 heterocycles. The maximum Gasteiger partial charge on any atom is 0.417 e. The van der Waals surface area contributed by atoms with Crippen LogP contribution in [0.3, 0.4) is 0 Å². The van der Waals surface area contributed by atoms with Crippen LogP contribution < -0.4 is 15.4 Å². The number of aliphatic imine (C=N–C) groups is 1. The number of methoxy groups -OCH3 is 1. The molecule has 8 nitrogen and oxygen atoms in total. The number of rotatable bonds is 5. The fourth-order valence-corrected chi connectivity index (χ4v) is 2.95. The molecule has 1 aliphatic rings. The first-order chi connectivity index (χ1) is 13.7. The lowest BCUT2D eigenvalue weighted by Crippen LogP contribution is -2.50. The van der Waals surface area contributed by atoms with E-state index >= 15 is 0 Å². The van der Waals surface area contributed by atoms with Crippen LogP contribution in [0.2, 0.25) is 5.02 Å². The SMILES string of the molecule is CN=C(NCCOc1ncc(C(F)(F)F)cc1Cl)NC1CCN(C(=O)OC)CC1. The molecule has 1 aliphatic heterocycles. The van der Waals surface area contributed by atoms with E-state index in [0.29, 0.717) is 31.8 Å². The maximum atomic E-state index is 12.6. The molecule has 0 spiro atoms. The third kappa shape index (κ3) is 6.84. The molecular weight excluding hydrogens is 415 g/mol. The fraction of sp³-hybridized carbons (Fsp3) is 0.588. The highest BCUT2D eigenvalue weighted by Gasteiger charge is 2.31. The number of piperidine rings is 1. The first-order valence-corrected chi connectivity index (χ1v) is 9.28. The first-order valence-electron chi connectivity index (χ1n) is 8.90. The quantitative estimate of drug-likeness (QED) is 0.418.